The Kier molecular flexibility index (Phi) is 37.3. The van der Waals surface area contributed by atoms with Gasteiger partial charge in [0, 0.05) is 107 Å². The number of nitrogens with one attached hydrogen (secondary N) is 3. The van der Waals surface area contributed by atoms with Crippen LogP contribution in [-0.4, -0.2) is 177 Å². The first kappa shape index (κ1) is 84.4. The van der Waals surface area contributed by atoms with Crippen LogP contribution >= 0.6 is 35.1 Å². The van der Waals surface area contributed by atoms with Crippen LogP contribution in [-0.2, 0) is 19.1 Å². The Labute approximate surface area is 595 Å². The Morgan fingerprint density at radius 3 is 1.49 bits per heavy atom. The van der Waals surface area contributed by atoms with E-state index in [1.807, 2.05) is 90.1 Å². The van der Waals surface area contributed by atoms with Crippen molar-refractivity contribution in [1.29, 1.82) is 0 Å². The molecular weight excluding hydrogens is 1280 g/mol. The van der Waals surface area contributed by atoms with Crippen molar-refractivity contribution in [2.24, 2.45) is 29.4 Å². The molecule has 8 N–H and O–H groups in total. The van der Waals surface area contributed by atoms with Gasteiger partial charge in [-0.15, -0.1) is 23.5 Å². The van der Waals surface area contributed by atoms with E-state index in [0.29, 0.717) is 76.3 Å². The number of benzene rings is 4. The highest BCUT2D eigenvalue weighted by Crippen LogP contribution is 2.41. The van der Waals surface area contributed by atoms with Crippen LogP contribution in [0.25, 0.3) is 0 Å². The third-order valence-electron chi connectivity index (χ3n) is 18.6. The van der Waals surface area contributed by atoms with Gasteiger partial charge in [-0.2, -0.15) is 0 Å². The third kappa shape index (κ3) is 29.6. The van der Waals surface area contributed by atoms with Crippen molar-refractivity contribution in [3.05, 3.63) is 119 Å². The van der Waals surface area contributed by atoms with Gasteiger partial charge in [-0.3, -0.25) is 33.8 Å². The molecule has 20 heteroatoms. The molecule has 3 heterocycles. The lowest BCUT2D eigenvalue weighted by Gasteiger charge is -2.47. The molecule has 0 radical (unpaired) electrons. The maximum Gasteiger partial charge on any atom is 0.308 e. The number of esters is 1. The predicted octanol–water partition coefficient (Wildman–Crippen LogP) is 13.1. The van der Waals surface area contributed by atoms with Gasteiger partial charge < -0.3 is 51.4 Å². The lowest BCUT2D eigenvalue weighted by molar-refractivity contribution is -0.133. The maximum absolute atomic E-state index is 13.5. The molecule has 0 unspecified atom stereocenters. The zero-order chi connectivity index (χ0) is 70.5. The van der Waals surface area contributed by atoms with Gasteiger partial charge in [0.25, 0.3) is 11.1 Å². The van der Waals surface area contributed by atoms with Gasteiger partial charge in [0.05, 0.1) is 30.3 Å². The molecule has 5 fully saturated rings. The minimum absolute atomic E-state index is 0. The number of likely N-dealkylation sites (tertiary alicyclic amines) is 2. The van der Waals surface area contributed by atoms with Crippen LogP contribution in [0.15, 0.2) is 107 Å². The Bertz CT molecular complexity index is 2970. The molecule has 542 valence electrons. The molecule has 3 saturated heterocycles. The molecule has 4 aromatic carbocycles. The second-order valence-corrected chi connectivity index (χ2v) is 30.8. The zero-order valence-corrected chi connectivity index (χ0v) is 62.0. The number of aromatic hydroxyl groups is 1. The fourth-order valence-electron chi connectivity index (χ4n) is 13.2. The van der Waals surface area contributed by atoms with Crippen LogP contribution in [0.5, 0.6) is 11.5 Å². The number of phenols is 1. The number of amides is 3. The van der Waals surface area contributed by atoms with Crippen molar-refractivity contribution in [2.45, 2.75) is 225 Å². The number of piperidine rings is 2. The van der Waals surface area contributed by atoms with Gasteiger partial charge in [0.2, 0.25) is 11.8 Å². The average Bonchev–Trinajstić information content (AvgIpc) is 0.848. The predicted molar refractivity (Wildman–Crippen MR) is 398 cm³/mol. The smallest absolute Gasteiger partial charge is 0.308 e. The highest BCUT2D eigenvalue weighted by atomic mass is 35.5. The number of rotatable bonds is 21. The van der Waals surface area contributed by atoms with E-state index >= 15 is 0 Å². The first-order valence-corrected chi connectivity index (χ1v) is 37.4. The molecule has 0 bridgehead atoms. The van der Waals surface area contributed by atoms with Gasteiger partial charge >= 0.3 is 5.97 Å². The summed E-state index contributed by atoms with van der Waals surface area (Å²) in [4.78, 5) is 70.5. The fourth-order valence-corrected chi connectivity index (χ4v) is 15.3. The van der Waals surface area contributed by atoms with E-state index in [4.69, 9.17) is 26.8 Å². The number of aliphatic hydroxyl groups is 2. The number of β-amino-alcohol motifs (C(OH)–C–C–N with tert-alkyl or cyclic N) is 2. The normalized spacial score (nSPS) is 21.3. The van der Waals surface area contributed by atoms with Crippen molar-refractivity contribution in [3.8, 4) is 11.5 Å². The van der Waals surface area contributed by atoms with Gasteiger partial charge in [-0.05, 0) is 197 Å². The number of carbonyl (C=O) groups excluding carboxylic acids is 5. The van der Waals surface area contributed by atoms with Crippen LogP contribution in [0.1, 0.15) is 186 Å². The van der Waals surface area contributed by atoms with Crippen molar-refractivity contribution in [2.75, 3.05) is 70.5 Å². The third-order valence-corrected chi connectivity index (χ3v) is 21.0. The molecule has 2 aliphatic carbocycles. The van der Waals surface area contributed by atoms with Gasteiger partial charge in [0.1, 0.15) is 11.5 Å². The highest BCUT2D eigenvalue weighted by Gasteiger charge is 2.43. The standard InChI is InChI=1S/C32H45N3O4S.C24H39N3O2S.C10H9ClO3.C6H15N.C4H8O.CH4/c1-21-25(15-10-16-28(21)36)30(38)33-26(20-40-24-13-6-5-7-14-24)29(37)19-35-18-23-12-9-8-11-22(23)17-27(35)31(39)34-32(2,3)4;1-24(2,3)26-23(29)21-13-17-9-7-8-10-18(17)14-27(21)15-22(28)20(25)16-30-19-11-5-4-6-12-19;1-6-8(10(11)13)4-3-5-9(6)14-7(2)12;1-4-7(5-2)6-3;1-2-4-5-3-1;/h5-7,10,13-16,22-23,26-27,29,36-37H,8-9,11-12,17-20H2,1-4H3,(H,33,38)(H,34,39);4-6,11-12,17-18,20-22,28H,7-10,13-16,25H2,1-3H3,(H,26,29);3-5H,1-2H3;4-6H2,1-3H3;1-4H2;1H4/t22-,23+,26-,27-,29+;17-,18+,20-,21-,22+;;;;/m00..../s1. The minimum Gasteiger partial charge on any atom is -0.508 e. The second-order valence-electron chi connectivity index (χ2n) is 28.3. The zero-order valence-electron chi connectivity index (χ0n) is 59.6. The summed E-state index contributed by atoms with van der Waals surface area (Å²) in [5, 5.41) is 41.5. The van der Waals surface area contributed by atoms with E-state index in [-0.39, 0.29) is 60.1 Å². The summed E-state index contributed by atoms with van der Waals surface area (Å²) in [6.07, 6.45) is 12.5. The van der Waals surface area contributed by atoms with Crippen LogP contribution in [0.4, 0.5) is 0 Å². The number of halogens is 1. The SMILES string of the molecule is C.C1CCOC1.CC(=O)Oc1cccc(C(=O)Cl)c1C.CC(C)(C)NC(=O)[C@@H]1C[C@@H]2CCCC[C@@H]2CN1C[C@@H](O)[C@@H](N)CSc1ccccc1.CCN(CC)CC.Cc1c(O)cccc1C(=O)N[C@@H](CSc1ccccc1)[C@H](O)CN1C[C@H]2CCCC[C@H]2C[C@H]1C(=O)NC(C)(C)C. The number of hydrogen-bond acceptors (Lipinski definition) is 16. The van der Waals surface area contributed by atoms with Crippen LogP contribution in [0.3, 0.4) is 0 Å². The maximum atomic E-state index is 13.5. The number of nitrogens with zero attached hydrogens (tertiary/aromatic N) is 3. The average molecular weight is 1400 g/mol. The molecule has 3 amide bonds. The number of carbonyl (C=O) groups is 5. The number of hydrogen-bond donors (Lipinski definition) is 7. The summed E-state index contributed by atoms with van der Waals surface area (Å²) in [5.74, 6) is 3.23. The number of nitrogens with two attached hydrogens (primary N) is 1. The van der Waals surface area contributed by atoms with Crippen molar-refractivity contribution < 1.29 is 48.8 Å². The van der Waals surface area contributed by atoms with E-state index in [0.717, 1.165) is 61.8 Å². The molecular formula is C77H120ClN7O10S2. The Morgan fingerprint density at radius 2 is 1.07 bits per heavy atom. The fraction of sp³-hybridized carbons (Fsp3) is 0.623. The van der Waals surface area contributed by atoms with Crippen molar-refractivity contribution >= 4 is 64.1 Å². The molecule has 10 atom stereocenters. The van der Waals surface area contributed by atoms with Crippen molar-refractivity contribution in [3.63, 3.8) is 0 Å². The van der Waals surface area contributed by atoms with E-state index in [2.05, 4.69) is 63.6 Å². The summed E-state index contributed by atoms with van der Waals surface area (Å²) in [7, 11) is 0. The Morgan fingerprint density at radius 1 is 0.629 bits per heavy atom. The number of ether oxygens (including phenoxy) is 2. The van der Waals surface area contributed by atoms with E-state index in [1.165, 1.54) is 77.9 Å². The monoisotopic (exact) mass is 1400 g/mol. The number of phenolic OH excluding ortho intramolecular Hbond substituents is 1. The quantitative estimate of drug-likeness (QED) is 0.0178. The van der Waals surface area contributed by atoms with E-state index < -0.39 is 29.5 Å². The first-order valence-electron chi connectivity index (χ1n) is 35.1. The molecule has 4 aromatic rings. The van der Waals surface area contributed by atoms with Crippen LogP contribution in [0, 0.1) is 37.5 Å². The van der Waals surface area contributed by atoms with Crippen LogP contribution in [0.2, 0.25) is 0 Å². The van der Waals surface area contributed by atoms with Crippen molar-refractivity contribution in [1.82, 2.24) is 30.7 Å². The summed E-state index contributed by atoms with van der Waals surface area (Å²) in [6.45, 7) is 31.3. The topological polar surface area (TPSA) is 236 Å². The van der Waals surface area contributed by atoms with E-state index in [9.17, 15) is 39.3 Å². The summed E-state index contributed by atoms with van der Waals surface area (Å²) < 4.78 is 9.83. The second kappa shape index (κ2) is 42.9. The Hall–Kier alpha value is -5.06. The minimum atomic E-state index is -0.886. The molecule has 5 aliphatic rings. The number of thioether (sulfide) groups is 2. The molecule has 0 aromatic heterocycles. The number of aliphatic hydroxyl groups excluding tert-OH is 2. The molecule has 9 rings (SSSR count). The van der Waals surface area contributed by atoms with Gasteiger partial charge in [-0.25, -0.2) is 0 Å². The lowest BCUT2D eigenvalue weighted by Crippen LogP contribution is -2.60. The largest absolute Gasteiger partial charge is 0.508 e. The molecule has 2 saturated carbocycles. The van der Waals surface area contributed by atoms with Gasteiger partial charge in [0.15, 0.2) is 0 Å². The van der Waals surface area contributed by atoms with Crippen LogP contribution < -0.4 is 26.4 Å². The summed E-state index contributed by atoms with van der Waals surface area (Å²) in [5.41, 5.74) is 7.55. The molecule has 17 nitrogen and oxygen atoms in total. The molecule has 0 spiro atoms. The first-order chi connectivity index (χ1) is 45.6. The summed E-state index contributed by atoms with van der Waals surface area (Å²) >= 11 is 8.58. The highest BCUT2D eigenvalue weighted by molar-refractivity contribution is 7.99. The molecule has 97 heavy (non-hydrogen) atoms. The summed E-state index contributed by atoms with van der Waals surface area (Å²) in [6, 6.07) is 28.4. The Balaban J connectivity index is 0.000000304. The number of fused-ring (bicyclic) bond motifs is 2. The molecule has 3 aliphatic heterocycles. The van der Waals surface area contributed by atoms with Gasteiger partial charge in [-0.1, -0.05) is 115 Å². The van der Waals surface area contributed by atoms with E-state index in [1.54, 1.807) is 73.8 Å². The lowest BCUT2D eigenvalue weighted by atomic mass is 9.72.